The number of quaternary nitrogens is 1. The third-order valence-electron chi connectivity index (χ3n) is 5.25. The number of rotatable bonds is 3. The lowest BCUT2D eigenvalue weighted by atomic mass is 9.78. The fourth-order valence-corrected chi connectivity index (χ4v) is 4.90. The van der Waals surface area contributed by atoms with Crippen molar-refractivity contribution >= 4 is 22.6 Å². The van der Waals surface area contributed by atoms with Crippen LogP contribution in [0.4, 0.5) is 0 Å². The number of hydrogen-bond donors (Lipinski definition) is 2. The molecule has 2 aliphatic rings. The summed E-state index contributed by atoms with van der Waals surface area (Å²) in [5.41, 5.74) is 1.29. The molecule has 1 aromatic carbocycles. The van der Waals surface area contributed by atoms with E-state index in [1.165, 1.54) is 50.6 Å². The lowest BCUT2D eigenvalue weighted by molar-refractivity contribution is -0.949. The highest BCUT2D eigenvalue weighted by atomic mass is 127. The zero-order chi connectivity index (χ0) is 14.8. The molecule has 1 aliphatic heterocycles. The van der Waals surface area contributed by atoms with E-state index >= 15 is 0 Å². The van der Waals surface area contributed by atoms with Crippen LogP contribution in [0.3, 0.4) is 0 Å². The molecule has 3 rings (SSSR count). The van der Waals surface area contributed by atoms with Crippen LogP contribution < -0.4 is 9.64 Å². The van der Waals surface area contributed by atoms with E-state index in [9.17, 15) is 5.11 Å². The lowest BCUT2D eigenvalue weighted by Gasteiger charge is -2.41. The predicted octanol–water partition coefficient (Wildman–Crippen LogP) is 2.74. The Morgan fingerprint density at radius 1 is 1.24 bits per heavy atom. The van der Waals surface area contributed by atoms with Crippen molar-refractivity contribution in [1.29, 1.82) is 0 Å². The molecule has 2 N–H and O–H groups in total. The van der Waals surface area contributed by atoms with Gasteiger partial charge in [-0.3, -0.25) is 0 Å². The fourth-order valence-electron chi connectivity index (χ4n) is 4.23. The predicted molar refractivity (Wildman–Crippen MR) is 91.9 cm³/mol. The van der Waals surface area contributed by atoms with Crippen molar-refractivity contribution in [3.8, 4) is 11.5 Å². The molecule has 1 aromatic rings. The van der Waals surface area contributed by atoms with Crippen LogP contribution in [0.25, 0.3) is 0 Å². The first-order chi connectivity index (χ1) is 10.2. The van der Waals surface area contributed by atoms with Crippen molar-refractivity contribution in [3.05, 3.63) is 21.3 Å². The second-order valence-electron chi connectivity index (χ2n) is 6.51. The lowest BCUT2D eigenvalue weighted by Crippen LogP contribution is -3.16. The van der Waals surface area contributed by atoms with E-state index in [0.717, 1.165) is 22.1 Å². The van der Waals surface area contributed by atoms with E-state index in [2.05, 4.69) is 28.7 Å². The van der Waals surface area contributed by atoms with Gasteiger partial charge in [-0.25, -0.2) is 0 Å². The second-order valence-corrected chi connectivity index (χ2v) is 7.67. The summed E-state index contributed by atoms with van der Waals surface area (Å²) in [6.07, 6.45) is 8.46. The molecule has 0 aromatic heterocycles. The van der Waals surface area contributed by atoms with Gasteiger partial charge in [0, 0.05) is 11.5 Å². The normalized spacial score (nSPS) is 29.0. The summed E-state index contributed by atoms with van der Waals surface area (Å²) in [5, 5.41) is 9.98. The Bertz CT molecular complexity index is 504. The van der Waals surface area contributed by atoms with Crippen molar-refractivity contribution < 1.29 is 14.7 Å². The number of likely N-dealkylation sites (tertiary alicyclic amines) is 1. The van der Waals surface area contributed by atoms with Crippen LogP contribution in [-0.2, 0) is 6.54 Å². The van der Waals surface area contributed by atoms with E-state index in [0.29, 0.717) is 5.75 Å². The Labute approximate surface area is 140 Å². The summed E-state index contributed by atoms with van der Waals surface area (Å²) in [6.45, 7) is 2.36. The molecular weight excluding hydrogens is 377 g/mol. The number of ether oxygens (including phenoxy) is 1. The number of piperidine rings is 1. The second kappa shape index (κ2) is 6.73. The van der Waals surface area contributed by atoms with Crippen molar-refractivity contribution in [2.45, 2.75) is 51.1 Å². The van der Waals surface area contributed by atoms with Gasteiger partial charge in [-0.1, -0.05) is 6.42 Å². The van der Waals surface area contributed by atoms with Crippen molar-refractivity contribution in [2.24, 2.45) is 5.92 Å². The minimum Gasteiger partial charge on any atom is -0.504 e. The van der Waals surface area contributed by atoms with E-state index in [1.807, 2.05) is 6.07 Å². The van der Waals surface area contributed by atoms with Crippen LogP contribution in [0.15, 0.2) is 12.1 Å². The quantitative estimate of drug-likeness (QED) is 0.763. The summed E-state index contributed by atoms with van der Waals surface area (Å²) >= 11 is 2.19. The first-order valence-corrected chi connectivity index (χ1v) is 9.17. The number of aromatic hydroxyl groups is 1. The Morgan fingerprint density at radius 3 is 2.81 bits per heavy atom. The number of halogens is 1. The van der Waals surface area contributed by atoms with Gasteiger partial charge in [-0.2, -0.15) is 0 Å². The molecule has 1 aliphatic carbocycles. The molecule has 3 atom stereocenters. The Hall–Kier alpha value is -0.490. The maximum atomic E-state index is 9.98. The van der Waals surface area contributed by atoms with Crippen LogP contribution >= 0.6 is 22.6 Å². The summed E-state index contributed by atoms with van der Waals surface area (Å²) in [4.78, 5) is 1.74. The molecule has 1 saturated carbocycles. The van der Waals surface area contributed by atoms with Gasteiger partial charge in [0.05, 0.1) is 23.3 Å². The first-order valence-electron chi connectivity index (χ1n) is 8.09. The molecule has 1 heterocycles. The Balaban J connectivity index is 1.77. The third-order valence-corrected chi connectivity index (χ3v) is 6.07. The topological polar surface area (TPSA) is 33.9 Å². The minimum absolute atomic E-state index is 0.269. The molecule has 116 valence electrons. The number of phenolic OH excluding ortho intramolecular Hbond substituents is 1. The molecule has 0 spiro atoms. The van der Waals surface area contributed by atoms with Gasteiger partial charge in [0.1, 0.15) is 6.54 Å². The number of fused-ring (bicyclic) bond motifs is 1. The number of benzene rings is 1. The van der Waals surface area contributed by atoms with E-state index < -0.39 is 0 Å². The van der Waals surface area contributed by atoms with Gasteiger partial charge in [0.25, 0.3) is 0 Å². The smallest absolute Gasteiger partial charge is 0.171 e. The zero-order valence-corrected chi connectivity index (χ0v) is 14.9. The molecule has 0 radical (unpaired) electrons. The molecule has 3 nitrogen and oxygen atoms in total. The molecule has 2 fully saturated rings. The highest BCUT2D eigenvalue weighted by Gasteiger charge is 2.36. The average Bonchev–Trinajstić information content (AvgIpc) is 2.51. The molecule has 4 heteroatoms. The van der Waals surface area contributed by atoms with Gasteiger partial charge in [0.2, 0.25) is 0 Å². The van der Waals surface area contributed by atoms with Gasteiger partial charge < -0.3 is 14.7 Å². The standard InChI is InChI=1S/C17H24INO2/c1-21-16-10-12(9-14(18)17(16)20)11-19-8-4-6-13-5-2-3-7-15(13)19/h9-10,13,15,20H,2-8,11H2,1H3/p+1/t13-,15-/m0/s1. The first kappa shape index (κ1) is 15.4. The summed E-state index contributed by atoms with van der Waals surface area (Å²) in [7, 11) is 1.62. The van der Waals surface area contributed by atoms with Gasteiger partial charge in [0.15, 0.2) is 11.5 Å². The minimum atomic E-state index is 0.269. The average molecular weight is 402 g/mol. The Morgan fingerprint density at radius 2 is 2.00 bits per heavy atom. The molecule has 0 amide bonds. The third kappa shape index (κ3) is 3.31. The van der Waals surface area contributed by atoms with E-state index in [1.54, 1.807) is 12.0 Å². The van der Waals surface area contributed by atoms with Crippen molar-refractivity contribution in [3.63, 3.8) is 0 Å². The summed E-state index contributed by atoms with van der Waals surface area (Å²) < 4.78 is 6.19. The summed E-state index contributed by atoms with van der Waals surface area (Å²) in [5.74, 6) is 1.82. The van der Waals surface area contributed by atoms with Crippen molar-refractivity contribution in [2.75, 3.05) is 13.7 Å². The van der Waals surface area contributed by atoms with E-state index in [-0.39, 0.29) is 5.75 Å². The van der Waals surface area contributed by atoms with Gasteiger partial charge in [-0.05, 0) is 66.8 Å². The highest BCUT2D eigenvalue weighted by Crippen LogP contribution is 2.33. The van der Waals surface area contributed by atoms with Crippen molar-refractivity contribution in [1.82, 2.24) is 0 Å². The van der Waals surface area contributed by atoms with Gasteiger partial charge >= 0.3 is 0 Å². The molecular formula is C17H25INO2+. The largest absolute Gasteiger partial charge is 0.504 e. The molecule has 1 saturated heterocycles. The van der Waals surface area contributed by atoms with E-state index in [4.69, 9.17) is 4.74 Å². The number of phenols is 1. The summed E-state index contributed by atoms with van der Waals surface area (Å²) in [6, 6.07) is 4.97. The number of hydrogen-bond acceptors (Lipinski definition) is 2. The van der Waals surface area contributed by atoms with Crippen LogP contribution in [0.5, 0.6) is 11.5 Å². The highest BCUT2D eigenvalue weighted by molar-refractivity contribution is 14.1. The van der Waals surface area contributed by atoms with Crippen LogP contribution in [-0.4, -0.2) is 24.8 Å². The molecule has 21 heavy (non-hydrogen) atoms. The van der Waals surface area contributed by atoms with Crippen LogP contribution in [0.2, 0.25) is 0 Å². The molecule has 1 unspecified atom stereocenters. The number of nitrogens with one attached hydrogen (secondary N) is 1. The van der Waals surface area contributed by atoms with Crippen LogP contribution in [0, 0.1) is 9.49 Å². The fraction of sp³-hybridized carbons (Fsp3) is 0.647. The number of methoxy groups -OCH3 is 1. The monoisotopic (exact) mass is 402 g/mol. The van der Waals surface area contributed by atoms with Crippen LogP contribution in [0.1, 0.15) is 44.1 Å². The maximum absolute atomic E-state index is 9.98. The molecule has 0 bridgehead atoms. The SMILES string of the molecule is COc1cc(C[NH+]2CCC[C@@H]3CCCC[C@@H]32)cc(I)c1O. The Kier molecular flexibility index (Phi) is 4.94. The van der Waals surface area contributed by atoms with Gasteiger partial charge in [-0.15, -0.1) is 0 Å². The zero-order valence-electron chi connectivity index (χ0n) is 12.7. The maximum Gasteiger partial charge on any atom is 0.171 e.